The summed E-state index contributed by atoms with van der Waals surface area (Å²) in [7, 11) is 0. The Labute approximate surface area is 72.9 Å². The molecule has 0 saturated heterocycles. The average Bonchev–Trinajstić information content (AvgIpc) is 2.08. The molecule has 1 atom stereocenters. The first-order chi connectivity index (χ1) is 5.65. The fourth-order valence-corrected chi connectivity index (χ4v) is 1.00. The van der Waals surface area contributed by atoms with Gasteiger partial charge in [-0.3, -0.25) is 0 Å². The standard InChI is InChI=1S/C10H14N2/c1-3-9(11)8-5-4-7(2)10(12)6-8/h3-6,9H,1,11-12H2,2H3/t9-/m1/s1. The van der Waals surface area contributed by atoms with E-state index in [1.54, 1.807) is 6.08 Å². The van der Waals surface area contributed by atoms with E-state index in [4.69, 9.17) is 11.5 Å². The van der Waals surface area contributed by atoms with Crippen LogP contribution in [0.2, 0.25) is 0 Å². The van der Waals surface area contributed by atoms with Gasteiger partial charge in [-0.15, -0.1) is 6.58 Å². The maximum absolute atomic E-state index is 5.74. The first-order valence-corrected chi connectivity index (χ1v) is 3.89. The van der Waals surface area contributed by atoms with Gasteiger partial charge in [-0.25, -0.2) is 0 Å². The van der Waals surface area contributed by atoms with Gasteiger partial charge in [0.25, 0.3) is 0 Å². The van der Waals surface area contributed by atoms with Crippen molar-refractivity contribution in [2.75, 3.05) is 5.73 Å². The number of anilines is 1. The zero-order chi connectivity index (χ0) is 9.14. The van der Waals surface area contributed by atoms with Gasteiger partial charge in [0.2, 0.25) is 0 Å². The van der Waals surface area contributed by atoms with Crippen molar-refractivity contribution in [3.63, 3.8) is 0 Å². The Kier molecular flexibility index (Phi) is 2.51. The zero-order valence-electron chi connectivity index (χ0n) is 7.25. The number of hydrogen-bond donors (Lipinski definition) is 2. The molecule has 0 spiro atoms. The van der Waals surface area contributed by atoms with E-state index in [1.807, 2.05) is 25.1 Å². The van der Waals surface area contributed by atoms with Crippen molar-refractivity contribution in [3.8, 4) is 0 Å². The van der Waals surface area contributed by atoms with Gasteiger partial charge in [-0.2, -0.15) is 0 Å². The number of nitrogens with two attached hydrogens (primary N) is 2. The molecule has 1 aromatic rings. The second-order valence-electron chi connectivity index (χ2n) is 2.88. The molecule has 0 aliphatic carbocycles. The lowest BCUT2D eigenvalue weighted by Crippen LogP contribution is -2.07. The molecule has 0 aromatic heterocycles. The Morgan fingerprint density at radius 3 is 2.67 bits per heavy atom. The van der Waals surface area contributed by atoms with Gasteiger partial charge in [-0.05, 0) is 24.1 Å². The van der Waals surface area contributed by atoms with E-state index < -0.39 is 0 Å². The lowest BCUT2D eigenvalue weighted by atomic mass is 10.0. The minimum Gasteiger partial charge on any atom is -0.399 e. The van der Waals surface area contributed by atoms with Gasteiger partial charge in [0.05, 0.1) is 0 Å². The quantitative estimate of drug-likeness (QED) is 0.514. The van der Waals surface area contributed by atoms with Gasteiger partial charge >= 0.3 is 0 Å². The number of hydrogen-bond acceptors (Lipinski definition) is 2. The molecule has 64 valence electrons. The predicted molar refractivity (Wildman–Crippen MR) is 52.7 cm³/mol. The van der Waals surface area contributed by atoms with Crippen LogP contribution in [0.3, 0.4) is 0 Å². The molecule has 0 radical (unpaired) electrons. The normalized spacial score (nSPS) is 12.5. The summed E-state index contributed by atoms with van der Waals surface area (Å²) in [6, 6.07) is 5.71. The highest BCUT2D eigenvalue weighted by Crippen LogP contribution is 2.17. The third kappa shape index (κ3) is 1.66. The molecular weight excluding hydrogens is 148 g/mol. The van der Waals surface area contributed by atoms with Crippen molar-refractivity contribution >= 4 is 5.69 Å². The highest BCUT2D eigenvalue weighted by atomic mass is 14.6. The summed E-state index contributed by atoms with van der Waals surface area (Å²) in [5.41, 5.74) is 14.3. The molecule has 0 bridgehead atoms. The molecule has 0 heterocycles. The summed E-state index contributed by atoms with van der Waals surface area (Å²) in [6.07, 6.45) is 1.70. The van der Waals surface area contributed by atoms with Crippen LogP contribution in [0.4, 0.5) is 5.69 Å². The average molecular weight is 162 g/mol. The molecule has 0 aliphatic heterocycles. The Balaban J connectivity index is 3.04. The number of rotatable bonds is 2. The largest absolute Gasteiger partial charge is 0.399 e. The van der Waals surface area contributed by atoms with Crippen LogP contribution >= 0.6 is 0 Å². The van der Waals surface area contributed by atoms with Gasteiger partial charge in [-0.1, -0.05) is 18.2 Å². The predicted octanol–water partition coefficient (Wildman–Crippen LogP) is 1.76. The summed E-state index contributed by atoms with van der Waals surface area (Å²) in [5, 5.41) is 0. The van der Waals surface area contributed by atoms with E-state index in [-0.39, 0.29) is 6.04 Å². The Bertz CT molecular complexity index is 292. The number of aryl methyl sites for hydroxylation is 1. The SMILES string of the molecule is C=C[C@@H](N)c1ccc(C)c(N)c1. The van der Waals surface area contributed by atoms with Crippen molar-refractivity contribution in [2.24, 2.45) is 5.73 Å². The summed E-state index contributed by atoms with van der Waals surface area (Å²) < 4.78 is 0. The van der Waals surface area contributed by atoms with Crippen molar-refractivity contribution in [1.82, 2.24) is 0 Å². The van der Waals surface area contributed by atoms with Gasteiger partial charge in [0, 0.05) is 11.7 Å². The zero-order valence-corrected chi connectivity index (χ0v) is 7.25. The van der Waals surface area contributed by atoms with Crippen LogP contribution in [0, 0.1) is 6.92 Å². The topological polar surface area (TPSA) is 52.0 Å². The van der Waals surface area contributed by atoms with Crippen LogP contribution < -0.4 is 11.5 Å². The summed E-state index contributed by atoms with van der Waals surface area (Å²) in [6.45, 7) is 5.59. The molecule has 0 amide bonds. The molecule has 4 N–H and O–H groups in total. The smallest absolute Gasteiger partial charge is 0.0479 e. The first kappa shape index (κ1) is 8.81. The fraction of sp³-hybridized carbons (Fsp3) is 0.200. The van der Waals surface area contributed by atoms with Crippen LogP contribution in [-0.2, 0) is 0 Å². The van der Waals surface area contributed by atoms with Gasteiger partial charge in [0.1, 0.15) is 0 Å². The minimum atomic E-state index is -0.118. The highest BCUT2D eigenvalue weighted by molar-refractivity contribution is 5.49. The van der Waals surface area contributed by atoms with E-state index in [0.717, 1.165) is 16.8 Å². The maximum atomic E-state index is 5.74. The Morgan fingerprint density at radius 1 is 1.50 bits per heavy atom. The summed E-state index contributed by atoms with van der Waals surface area (Å²) >= 11 is 0. The molecule has 2 heteroatoms. The second-order valence-corrected chi connectivity index (χ2v) is 2.88. The van der Waals surface area contributed by atoms with E-state index in [9.17, 15) is 0 Å². The van der Waals surface area contributed by atoms with E-state index in [1.165, 1.54) is 0 Å². The molecule has 12 heavy (non-hydrogen) atoms. The maximum Gasteiger partial charge on any atom is 0.0479 e. The van der Waals surface area contributed by atoms with Crippen LogP contribution in [0.1, 0.15) is 17.2 Å². The minimum absolute atomic E-state index is 0.118. The molecule has 0 fully saturated rings. The lowest BCUT2D eigenvalue weighted by Gasteiger charge is -2.08. The Morgan fingerprint density at radius 2 is 2.17 bits per heavy atom. The first-order valence-electron chi connectivity index (χ1n) is 3.89. The molecule has 1 aromatic carbocycles. The van der Waals surface area contributed by atoms with Crippen LogP contribution in [0.5, 0.6) is 0 Å². The van der Waals surface area contributed by atoms with Crippen LogP contribution in [-0.4, -0.2) is 0 Å². The van der Waals surface area contributed by atoms with E-state index in [2.05, 4.69) is 6.58 Å². The monoisotopic (exact) mass is 162 g/mol. The highest BCUT2D eigenvalue weighted by Gasteiger charge is 2.01. The third-order valence-electron chi connectivity index (χ3n) is 1.94. The van der Waals surface area contributed by atoms with Crippen LogP contribution in [0.15, 0.2) is 30.9 Å². The van der Waals surface area contributed by atoms with E-state index >= 15 is 0 Å². The molecule has 1 rings (SSSR count). The second kappa shape index (κ2) is 3.41. The van der Waals surface area contributed by atoms with E-state index in [0.29, 0.717) is 0 Å². The number of nitrogen functional groups attached to an aromatic ring is 1. The summed E-state index contributed by atoms with van der Waals surface area (Å²) in [5.74, 6) is 0. The number of benzene rings is 1. The molecule has 0 aliphatic rings. The fourth-order valence-electron chi connectivity index (χ4n) is 1.00. The summed E-state index contributed by atoms with van der Waals surface area (Å²) in [4.78, 5) is 0. The molecule has 0 saturated carbocycles. The van der Waals surface area contributed by atoms with Crippen molar-refractivity contribution < 1.29 is 0 Å². The molecule has 0 unspecified atom stereocenters. The van der Waals surface area contributed by atoms with Gasteiger partial charge < -0.3 is 11.5 Å². The molecular formula is C10H14N2. The lowest BCUT2D eigenvalue weighted by molar-refractivity contribution is 0.914. The van der Waals surface area contributed by atoms with Gasteiger partial charge in [0.15, 0.2) is 0 Å². The van der Waals surface area contributed by atoms with Crippen LogP contribution in [0.25, 0.3) is 0 Å². The third-order valence-corrected chi connectivity index (χ3v) is 1.94. The van der Waals surface area contributed by atoms with Crippen molar-refractivity contribution in [1.29, 1.82) is 0 Å². The van der Waals surface area contributed by atoms with Crippen molar-refractivity contribution in [2.45, 2.75) is 13.0 Å². The Hall–Kier alpha value is -1.28. The van der Waals surface area contributed by atoms with Crippen molar-refractivity contribution in [3.05, 3.63) is 42.0 Å². The molecule has 2 nitrogen and oxygen atoms in total.